The number of esters is 1. The fourth-order valence-corrected chi connectivity index (χ4v) is 2.56. The number of ether oxygens (including phenoxy) is 1. The van der Waals surface area contributed by atoms with E-state index < -0.39 is 5.97 Å². The number of rotatable bonds is 4. The van der Waals surface area contributed by atoms with E-state index in [4.69, 9.17) is 17.0 Å². The molecule has 0 saturated carbocycles. The molecule has 0 aliphatic carbocycles. The highest BCUT2D eigenvalue weighted by Gasteiger charge is 2.12. The van der Waals surface area contributed by atoms with Gasteiger partial charge in [0.25, 0.3) is 0 Å². The molecule has 0 atom stereocenters. The van der Waals surface area contributed by atoms with Gasteiger partial charge < -0.3 is 10.1 Å². The third kappa shape index (κ3) is 5.01. The van der Waals surface area contributed by atoms with E-state index in [-0.39, 0.29) is 11.0 Å². The summed E-state index contributed by atoms with van der Waals surface area (Å²) < 4.78 is 4.70. The zero-order valence-electron chi connectivity index (χ0n) is 12.2. The molecule has 2 aromatic rings. The minimum atomic E-state index is -0.486. The van der Waals surface area contributed by atoms with Crippen LogP contribution in [0.5, 0.6) is 0 Å². The van der Waals surface area contributed by atoms with Crippen LogP contribution in [0, 0.1) is 0 Å². The number of nitrogens with one attached hydrogen (secondary N) is 2. The lowest BCUT2D eigenvalue weighted by atomic mass is 10.2. The first-order valence-corrected chi connectivity index (χ1v) is 7.90. The zero-order chi connectivity index (χ0) is 16.7. The molecule has 5 nitrogen and oxygen atoms in total. The van der Waals surface area contributed by atoms with E-state index in [1.54, 1.807) is 30.3 Å². The first-order valence-electron chi connectivity index (χ1n) is 6.61. The van der Waals surface area contributed by atoms with E-state index >= 15 is 0 Å². The molecule has 1 aromatic heterocycles. The van der Waals surface area contributed by atoms with Crippen LogP contribution in [0.25, 0.3) is 6.08 Å². The van der Waals surface area contributed by atoms with Crippen molar-refractivity contribution in [2.24, 2.45) is 0 Å². The van der Waals surface area contributed by atoms with Crippen LogP contribution in [-0.4, -0.2) is 24.1 Å². The second kappa shape index (κ2) is 8.21. The lowest BCUT2D eigenvalue weighted by Gasteiger charge is -2.11. The van der Waals surface area contributed by atoms with Crippen molar-refractivity contribution in [3.8, 4) is 0 Å². The number of amides is 1. The monoisotopic (exact) mass is 346 g/mol. The molecule has 2 N–H and O–H groups in total. The third-order valence-corrected chi connectivity index (χ3v) is 3.80. The maximum atomic E-state index is 11.8. The number of carbonyl (C=O) groups excluding carboxylic acids is 2. The lowest BCUT2D eigenvalue weighted by molar-refractivity contribution is -0.115. The number of anilines is 1. The van der Waals surface area contributed by atoms with Gasteiger partial charge in [-0.1, -0.05) is 18.2 Å². The molecule has 0 unspecified atom stereocenters. The van der Waals surface area contributed by atoms with Crippen LogP contribution in [-0.2, 0) is 9.53 Å². The molecule has 1 heterocycles. The number of carbonyl (C=O) groups is 2. The Morgan fingerprint density at radius 3 is 2.70 bits per heavy atom. The second-order valence-electron chi connectivity index (χ2n) is 4.33. The standard InChI is InChI=1S/C16H14N2O3S2/c1-21-15(20)12-6-2-3-7-13(12)17-16(22)18-14(19)9-8-11-5-4-10-23-11/h2-10H,1H3,(H2,17,18,19,22). The van der Waals surface area contributed by atoms with Gasteiger partial charge in [0.2, 0.25) is 5.91 Å². The molecule has 0 aliphatic heterocycles. The first kappa shape index (κ1) is 16.9. The second-order valence-corrected chi connectivity index (χ2v) is 5.72. The van der Waals surface area contributed by atoms with Gasteiger partial charge in [0.05, 0.1) is 18.4 Å². The molecular weight excluding hydrogens is 332 g/mol. The average Bonchev–Trinajstić information content (AvgIpc) is 3.06. The van der Waals surface area contributed by atoms with Crippen molar-refractivity contribution in [3.05, 3.63) is 58.3 Å². The van der Waals surface area contributed by atoms with Crippen molar-refractivity contribution in [2.45, 2.75) is 0 Å². The Morgan fingerprint density at radius 1 is 1.22 bits per heavy atom. The predicted molar refractivity (Wildman–Crippen MR) is 95.5 cm³/mol. The number of benzene rings is 1. The molecule has 0 bridgehead atoms. The van der Waals surface area contributed by atoms with Gasteiger partial charge in [0.15, 0.2) is 5.11 Å². The van der Waals surface area contributed by atoms with Crippen LogP contribution in [0.4, 0.5) is 5.69 Å². The van der Waals surface area contributed by atoms with E-state index in [0.717, 1.165) is 4.88 Å². The van der Waals surface area contributed by atoms with E-state index in [0.29, 0.717) is 11.3 Å². The lowest BCUT2D eigenvalue weighted by Crippen LogP contribution is -2.33. The predicted octanol–water partition coefficient (Wildman–Crippen LogP) is 3.06. The van der Waals surface area contributed by atoms with E-state index in [1.165, 1.54) is 24.5 Å². The van der Waals surface area contributed by atoms with Gasteiger partial charge in [-0.15, -0.1) is 11.3 Å². The Labute approximate surface area is 143 Å². The van der Waals surface area contributed by atoms with E-state index in [2.05, 4.69) is 10.6 Å². The summed E-state index contributed by atoms with van der Waals surface area (Å²) in [4.78, 5) is 24.4. The molecule has 2 rings (SSSR count). The van der Waals surface area contributed by atoms with Gasteiger partial charge in [0, 0.05) is 11.0 Å². The van der Waals surface area contributed by atoms with Crippen LogP contribution >= 0.6 is 23.6 Å². The highest BCUT2D eigenvalue weighted by molar-refractivity contribution is 7.80. The summed E-state index contributed by atoms with van der Waals surface area (Å²) in [6, 6.07) is 10.5. The third-order valence-electron chi connectivity index (χ3n) is 2.76. The van der Waals surface area contributed by atoms with E-state index in [9.17, 15) is 9.59 Å². The molecule has 23 heavy (non-hydrogen) atoms. The molecule has 0 aliphatic rings. The molecule has 1 aromatic carbocycles. The van der Waals surface area contributed by atoms with Gasteiger partial charge in [-0.25, -0.2) is 4.79 Å². The van der Waals surface area contributed by atoms with Gasteiger partial charge in [-0.2, -0.15) is 0 Å². The summed E-state index contributed by atoms with van der Waals surface area (Å²) in [7, 11) is 1.30. The topological polar surface area (TPSA) is 67.4 Å². The van der Waals surface area contributed by atoms with Gasteiger partial charge in [0.1, 0.15) is 0 Å². The van der Waals surface area contributed by atoms with Crippen molar-refractivity contribution in [1.82, 2.24) is 5.32 Å². The van der Waals surface area contributed by atoms with E-state index in [1.807, 2.05) is 17.5 Å². The van der Waals surface area contributed by atoms with Crippen molar-refractivity contribution in [3.63, 3.8) is 0 Å². The smallest absolute Gasteiger partial charge is 0.339 e. The van der Waals surface area contributed by atoms with Crippen LogP contribution in [0.1, 0.15) is 15.2 Å². The number of thiocarbonyl (C=S) groups is 1. The summed E-state index contributed by atoms with van der Waals surface area (Å²) in [5.74, 6) is -0.841. The van der Waals surface area contributed by atoms with Crippen molar-refractivity contribution >= 4 is 52.3 Å². The summed E-state index contributed by atoms with van der Waals surface area (Å²) in [6.07, 6.45) is 3.09. The molecular formula is C16H14N2O3S2. The quantitative estimate of drug-likeness (QED) is 0.506. The molecule has 7 heteroatoms. The SMILES string of the molecule is COC(=O)c1ccccc1NC(=S)NC(=O)C=Cc1cccs1. The minimum absolute atomic E-state index is 0.0992. The maximum absolute atomic E-state index is 11.8. The largest absolute Gasteiger partial charge is 0.465 e. The Hall–Kier alpha value is -2.51. The van der Waals surface area contributed by atoms with Crippen molar-refractivity contribution in [1.29, 1.82) is 0 Å². The average molecular weight is 346 g/mol. The Bertz CT molecular complexity index is 740. The minimum Gasteiger partial charge on any atom is -0.465 e. The van der Waals surface area contributed by atoms with Crippen molar-refractivity contribution in [2.75, 3.05) is 12.4 Å². The number of hydrogen-bond donors (Lipinski definition) is 2. The van der Waals surface area contributed by atoms with Gasteiger partial charge in [-0.3, -0.25) is 10.1 Å². The number of para-hydroxylation sites is 1. The number of methoxy groups -OCH3 is 1. The van der Waals surface area contributed by atoms with Crippen LogP contribution < -0.4 is 10.6 Å². The normalized spacial score (nSPS) is 10.3. The highest BCUT2D eigenvalue weighted by Crippen LogP contribution is 2.15. The zero-order valence-corrected chi connectivity index (χ0v) is 13.9. The molecule has 0 saturated heterocycles. The Morgan fingerprint density at radius 2 is 2.00 bits per heavy atom. The molecule has 1 amide bonds. The van der Waals surface area contributed by atoms with Crippen molar-refractivity contribution < 1.29 is 14.3 Å². The van der Waals surface area contributed by atoms with Crippen LogP contribution in [0.2, 0.25) is 0 Å². The Balaban J connectivity index is 1.97. The van der Waals surface area contributed by atoms with Gasteiger partial charge in [-0.05, 0) is 41.9 Å². The summed E-state index contributed by atoms with van der Waals surface area (Å²) >= 11 is 6.61. The first-order chi connectivity index (χ1) is 11.1. The highest BCUT2D eigenvalue weighted by atomic mass is 32.1. The number of thiophene rings is 1. The summed E-state index contributed by atoms with van der Waals surface area (Å²) in [6.45, 7) is 0. The Kier molecular flexibility index (Phi) is 6.02. The maximum Gasteiger partial charge on any atom is 0.339 e. The van der Waals surface area contributed by atoms with Crippen LogP contribution in [0.15, 0.2) is 47.9 Å². The molecule has 0 spiro atoms. The molecule has 0 fully saturated rings. The summed E-state index contributed by atoms with van der Waals surface area (Å²) in [5.41, 5.74) is 0.799. The fourth-order valence-electron chi connectivity index (χ4n) is 1.73. The van der Waals surface area contributed by atoms with Gasteiger partial charge >= 0.3 is 5.97 Å². The molecule has 118 valence electrons. The summed E-state index contributed by atoms with van der Waals surface area (Å²) in [5, 5.41) is 7.36. The number of hydrogen-bond acceptors (Lipinski definition) is 5. The molecule has 0 radical (unpaired) electrons. The fraction of sp³-hybridized carbons (Fsp3) is 0.0625. The van der Waals surface area contributed by atoms with Crippen LogP contribution in [0.3, 0.4) is 0 Å².